The quantitative estimate of drug-likeness (QED) is 0.0807. The molecule has 48 heavy (non-hydrogen) atoms. The number of aromatic nitrogens is 1. The maximum Gasteiger partial charge on any atom is 0.310 e. The molecule has 0 saturated carbocycles. The standard InChI is InChI=1S/C38H44ClNO8/c1-24-29(35(43)37(47-5)36(46-4)34(24)42)14-12-10-8-6-7-9-11-13-21-48-33(41)23-30-25(2)40(32-20-19-28(45-3)22-31(30)32)38(44)26-15-17-27(39)18-16-26/h15-20,22H,6-14,21,23H2,1-5H3. The van der Waals surface area contributed by atoms with E-state index < -0.39 is 0 Å². The number of halogens is 1. The Morgan fingerprint density at radius 2 is 1.35 bits per heavy atom. The van der Waals surface area contributed by atoms with E-state index >= 15 is 0 Å². The van der Waals surface area contributed by atoms with Crippen molar-refractivity contribution in [2.45, 2.75) is 78.1 Å². The van der Waals surface area contributed by atoms with Crippen molar-refractivity contribution in [1.29, 1.82) is 0 Å². The second-order valence-electron chi connectivity index (χ2n) is 11.9. The minimum absolute atomic E-state index is 0.0149. The topological polar surface area (TPSA) is 110 Å². The number of hydrogen-bond acceptors (Lipinski definition) is 8. The lowest BCUT2D eigenvalue weighted by atomic mass is 9.89. The van der Waals surface area contributed by atoms with Crippen LogP contribution in [0.3, 0.4) is 0 Å². The Morgan fingerprint density at radius 3 is 1.98 bits per heavy atom. The summed E-state index contributed by atoms with van der Waals surface area (Å²) < 4.78 is 22.9. The molecule has 1 heterocycles. The molecule has 1 aliphatic carbocycles. The van der Waals surface area contributed by atoms with Gasteiger partial charge >= 0.3 is 5.97 Å². The largest absolute Gasteiger partial charge is 0.497 e. The van der Waals surface area contributed by atoms with Crippen molar-refractivity contribution in [1.82, 2.24) is 4.57 Å². The van der Waals surface area contributed by atoms with Gasteiger partial charge in [0.2, 0.25) is 23.1 Å². The van der Waals surface area contributed by atoms with Gasteiger partial charge in [0.15, 0.2) is 0 Å². The molecule has 4 rings (SSSR count). The summed E-state index contributed by atoms with van der Waals surface area (Å²) in [5, 5.41) is 1.32. The number of methoxy groups -OCH3 is 3. The predicted molar refractivity (Wildman–Crippen MR) is 184 cm³/mol. The third-order valence-corrected chi connectivity index (χ3v) is 9.09. The van der Waals surface area contributed by atoms with Crippen LogP contribution >= 0.6 is 11.6 Å². The van der Waals surface area contributed by atoms with E-state index in [1.807, 2.05) is 19.1 Å². The molecule has 9 nitrogen and oxygen atoms in total. The highest BCUT2D eigenvalue weighted by Gasteiger charge is 2.34. The highest BCUT2D eigenvalue weighted by molar-refractivity contribution is 6.30. The van der Waals surface area contributed by atoms with Gasteiger partial charge in [-0.15, -0.1) is 0 Å². The average molecular weight is 678 g/mol. The first kappa shape index (κ1) is 36.5. The summed E-state index contributed by atoms with van der Waals surface area (Å²) in [4.78, 5) is 51.7. The number of carbonyl (C=O) groups is 4. The Hall–Kier alpha value is -4.37. The second kappa shape index (κ2) is 17.2. The van der Waals surface area contributed by atoms with E-state index in [-0.39, 0.29) is 41.4 Å². The molecule has 0 N–H and O–H groups in total. The van der Waals surface area contributed by atoms with E-state index in [4.69, 9.17) is 30.5 Å². The molecular formula is C38H44ClNO8. The number of rotatable bonds is 17. The number of unbranched alkanes of at least 4 members (excludes halogenated alkanes) is 7. The van der Waals surface area contributed by atoms with Gasteiger partial charge in [-0.25, -0.2) is 0 Å². The number of ketones is 2. The molecule has 1 aliphatic rings. The lowest BCUT2D eigenvalue weighted by Gasteiger charge is -2.20. The van der Waals surface area contributed by atoms with Crippen molar-refractivity contribution < 1.29 is 38.1 Å². The lowest BCUT2D eigenvalue weighted by molar-refractivity contribution is -0.143. The smallest absolute Gasteiger partial charge is 0.310 e. The number of benzene rings is 2. The van der Waals surface area contributed by atoms with Crippen LogP contribution < -0.4 is 4.74 Å². The van der Waals surface area contributed by atoms with Gasteiger partial charge in [0.1, 0.15) is 5.75 Å². The van der Waals surface area contributed by atoms with Gasteiger partial charge < -0.3 is 18.9 Å². The van der Waals surface area contributed by atoms with Crippen LogP contribution in [-0.4, -0.2) is 55.9 Å². The van der Waals surface area contributed by atoms with E-state index in [1.165, 1.54) is 14.2 Å². The van der Waals surface area contributed by atoms with Gasteiger partial charge in [0.05, 0.1) is 39.9 Å². The summed E-state index contributed by atoms with van der Waals surface area (Å²) in [6.07, 6.45) is 8.32. The molecular weight excluding hydrogens is 634 g/mol. The number of fused-ring (bicyclic) bond motifs is 1. The number of allylic oxidation sites excluding steroid dienone is 2. The maximum absolute atomic E-state index is 13.5. The van der Waals surface area contributed by atoms with E-state index in [0.29, 0.717) is 51.7 Å². The Morgan fingerprint density at radius 1 is 0.750 bits per heavy atom. The molecule has 0 fully saturated rings. The molecule has 0 spiro atoms. The molecule has 0 aliphatic heterocycles. The average Bonchev–Trinajstić information content (AvgIpc) is 3.35. The van der Waals surface area contributed by atoms with Crippen LogP contribution in [0.4, 0.5) is 0 Å². The van der Waals surface area contributed by atoms with Gasteiger partial charge in [-0.3, -0.25) is 23.7 Å². The van der Waals surface area contributed by atoms with Crippen molar-refractivity contribution in [3.63, 3.8) is 0 Å². The first-order chi connectivity index (χ1) is 23.1. The fourth-order valence-corrected chi connectivity index (χ4v) is 6.26. The Balaban J connectivity index is 1.19. The monoisotopic (exact) mass is 677 g/mol. The lowest BCUT2D eigenvalue weighted by Crippen LogP contribution is -2.25. The van der Waals surface area contributed by atoms with Crippen LogP contribution in [0.2, 0.25) is 5.02 Å². The van der Waals surface area contributed by atoms with Gasteiger partial charge in [-0.1, -0.05) is 50.1 Å². The zero-order valence-electron chi connectivity index (χ0n) is 28.4. The summed E-state index contributed by atoms with van der Waals surface area (Å²) in [6.45, 7) is 3.85. The Labute approximate surface area is 286 Å². The third-order valence-electron chi connectivity index (χ3n) is 8.84. The highest BCUT2D eigenvalue weighted by atomic mass is 35.5. The normalized spacial score (nSPS) is 13.4. The third kappa shape index (κ3) is 8.37. The molecule has 256 valence electrons. The number of nitrogens with zero attached hydrogens (tertiary/aromatic N) is 1. The molecule has 2 aromatic carbocycles. The molecule has 0 unspecified atom stereocenters. The van der Waals surface area contributed by atoms with Crippen LogP contribution in [0, 0.1) is 6.92 Å². The van der Waals surface area contributed by atoms with Crippen molar-refractivity contribution in [2.24, 2.45) is 0 Å². The minimum Gasteiger partial charge on any atom is -0.497 e. The van der Waals surface area contributed by atoms with Crippen molar-refractivity contribution >= 4 is 45.9 Å². The summed E-state index contributed by atoms with van der Waals surface area (Å²) >= 11 is 6.02. The fraction of sp³-hybridized carbons (Fsp3) is 0.421. The molecule has 0 atom stereocenters. The molecule has 10 heteroatoms. The van der Waals surface area contributed by atoms with Gasteiger partial charge in [0, 0.05) is 32.8 Å². The van der Waals surface area contributed by atoms with Crippen molar-refractivity contribution in [3.05, 3.63) is 87.0 Å². The van der Waals surface area contributed by atoms with Gasteiger partial charge in [-0.2, -0.15) is 0 Å². The van der Waals surface area contributed by atoms with E-state index in [2.05, 4.69) is 0 Å². The van der Waals surface area contributed by atoms with Crippen molar-refractivity contribution in [2.75, 3.05) is 27.9 Å². The van der Waals surface area contributed by atoms with E-state index in [9.17, 15) is 19.2 Å². The number of Topliss-reactive ketones (excluding diaryl/α,β-unsaturated/α-hetero) is 2. The molecule has 0 saturated heterocycles. The van der Waals surface area contributed by atoms with Crippen LogP contribution in [0.1, 0.15) is 86.3 Å². The first-order valence-electron chi connectivity index (χ1n) is 16.4. The number of carbonyl (C=O) groups excluding carboxylic acids is 4. The second-order valence-corrected chi connectivity index (χ2v) is 12.3. The number of ether oxygens (including phenoxy) is 4. The zero-order chi connectivity index (χ0) is 34.8. The molecule has 1 aromatic heterocycles. The van der Waals surface area contributed by atoms with Gasteiger partial charge in [-0.05, 0) is 81.1 Å². The zero-order valence-corrected chi connectivity index (χ0v) is 29.2. The maximum atomic E-state index is 13.5. The Kier molecular flexibility index (Phi) is 13.0. The first-order valence-corrected chi connectivity index (χ1v) is 16.8. The highest BCUT2D eigenvalue weighted by Crippen LogP contribution is 2.32. The fourth-order valence-electron chi connectivity index (χ4n) is 6.13. The number of hydrogen-bond donors (Lipinski definition) is 0. The van der Waals surface area contributed by atoms with Crippen LogP contribution in [0.25, 0.3) is 10.9 Å². The summed E-state index contributed by atoms with van der Waals surface area (Å²) in [5.41, 5.74) is 3.55. The molecule has 0 radical (unpaired) electrons. The Bertz CT molecular complexity index is 1730. The van der Waals surface area contributed by atoms with E-state index in [1.54, 1.807) is 48.9 Å². The SMILES string of the molecule is COC1=C(OC)C(=O)C(CCCCCCCCCCOC(=O)Cc2c(C)n(C(=O)c3ccc(Cl)cc3)c3ccc(OC)cc23)=C(C)C1=O. The number of esters is 1. The summed E-state index contributed by atoms with van der Waals surface area (Å²) in [5.74, 6) is -0.509. The molecule has 3 aromatic rings. The molecule has 0 bridgehead atoms. The predicted octanol–water partition coefficient (Wildman–Crippen LogP) is 7.87. The summed E-state index contributed by atoms with van der Waals surface area (Å²) in [6, 6.07) is 12.2. The van der Waals surface area contributed by atoms with Crippen LogP contribution in [0.15, 0.2) is 65.1 Å². The summed E-state index contributed by atoms with van der Waals surface area (Å²) in [7, 11) is 4.31. The van der Waals surface area contributed by atoms with Crippen LogP contribution in [-0.2, 0) is 35.0 Å². The van der Waals surface area contributed by atoms with Gasteiger partial charge in [0.25, 0.3) is 5.91 Å². The minimum atomic E-state index is -0.339. The van der Waals surface area contributed by atoms with Crippen molar-refractivity contribution in [3.8, 4) is 5.75 Å². The van der Waals surface area contributed by atoms with E-state index in [0.717, 1.165) is 62.3 Å². The van der Waals surface area contributed by atoms with Crippen LogP contribution in [0.5, 0.6) is 5.75 Å². The molecule has 0 amide bonds.